The zero-order valence-electron chi connectivity index (χ0n) is 10.8. The summed E-state index contributed by atoms with van der Waals surface area (Å²) < 4.78 is 5.38. The van der Waals surface area contributed by atoms with Crippen LogP contribution in [-0.2, 0) is 11.3 Å². The zero-order chi connectivity index (χ0) is 12.3. The van der Waals surface area contributed by atoms with Gasteiger partial charge >= 0.3 is 0 Å². The summed E-state index contributed by atoms with van der Waals surface area (Å²) in [6.45, 7) is 5.48. The van der Waals surface area contributed by atoms with Crippen molar-refractivity contribution in [2.24, 2.45) is 5.73 Å². The maximum Gasteiger partial charge on any atom is 0.0659 e. The Morgan fingerprint density at radius 3 is 2.82 bits per heavy atom. The van der Waals surface area contributed by atoms with Crippen LogP contribution in [0.4, 0.5) is 0 Å². The van der Waals surface area contributed by atoms with Crippen molar-refractivity contribution in [1.29, 1.82) is 0 Å². The molecule has 0 bridgehead atoms. The Morgan fingerprint density at radius 2 is 2.18 bits per heavy atom. The fraction of sp³-hybridized carbons (Fsp3) is 0.571. The molecule has 1 aliphatic heterocycles. The smallest absolute Gasteiger partial charge is 0.0659 e. The monoisotopic (exact) mass is 234 g/mol. The molecule has 1 fully saturated rings. The van der Waals surface area contributed by atoms with Gasteiger partial charge < -0.3 is 15.4 Å². The predicted molar refractivity (Wildman–Crippen MR) is 69.9 cm³/mol. The van der Waals surface area contributed by atoms with E-state index in [0.717, 1.165) is 26.1 Å². The zero-order valence-corrected chi connectivity index (χ0v) is 10.8. The molecule has 0 amide bonds. The van der Waals surface area contributed by atoms with Crippen molar-refractivity contribution in [2.75, 3.05) is 26.8 Å². The van der Waals surface area contributed by atoms with E-state index in [-0.39, 0.29) is 5.54 Å². The largest absolute Gasteiger partial charge is 0.379 e. The van der Waals surface area contributed by atoms with Crippen LogP contribution in [0.15, 0.2) is 24.3 Å². The van der Waals surface area contributed by atoms with Gasteiger partial charge in [-0.3, -0.25) is 0 Å². The van der Waals surface area contributed by atoms with E-state index in [9.17, 15) is 0 Å². The van der Waals surface area contributed by atoms with Gasteiger partial charge in [0.05, 0.1) is 12.1 Å². The molecule has 1 saturated heterocycles. The Hall–Kier alpha value is -0.900. The number of ether oxygens (including phenoxy) is 1. The third kappa shape index (κ3) is 3.28. The fourth-order valence-electron chi connectivity index (χ4n) is 2.42. The van der Waals surface area contributed by atoms with Crippen LogP contribution in [-0.4, -0.2) is 37.2 Å². The number of hydrogen-bond donors (Lipinski definition) is 1. The van der Waals surface area contributed by atoms with E-state index in [2.05, 4.69) is 43.1 Å². The molecule has 0 aromatic heterocycles. The Balaban J connectivity index is 1.93. The first-order valence-corrected chi connectivity index (χ1v) is 6.19. The van der Waals surface area contributed by atoms with Gasteiger partial charge in [0.25, 0.3) is 0 Å². The van der Waals surface area contributed by atoms with Gasteiger partial charge in [-0.2, -0.15) is 0 Å². The van der Waals surface area contributed by atoms with Crippen LogP contribution >= 0.6 is 0 Å². The molecule has 0 saturated carbocycles. The van der Waals surface area contributed by atoms with E-state index in [0.29, 0.717) is 6.61 Å². The highest BCUT2D eigenvalue weighted by Crippen LogP contribution is 2.18. The van der Waals surface area contributed by atoms with Crippen molar-refractivity contribution >= 4 is 0 Å². The normalized spacial score (nSPS) is 24.5. The van der Waals surface area contributed by atoms with Crippen molar-refractivity contribution in [2.45, 2.75) is 25.4 Å². The summed E-state index contributed by atoms with van der Waals surface area (Å²) in [6.07, 6.45) is 0.963. The first-order valence-electron chi connectivity index (χ1n) is 6.19. The van der Waals surface area contributed by atoms with E-state index >= 15 is 0 Å². The Kier molecular flexibility index (Phi) is 3.82. The SMILES string of the molecule is Cc1ccccc1CN(C)CC1(N)CCOC1. The van der Waals surface area contributed by atoms with Crippen LogP contribution in [0.3, 0.4) is 0 Å². The summed E-state index contributed by atoms with van der Waals surface area (Å²) in [6, 6.07) is 8.50. The number of benzene rings is 1. The summed E-state index contributed by atoms with van der Waals surface area (Å²) in [4.78, 5) is 2.29. The first-order chi connectivity index (χ1) is 8.09. The van der Waals surface area contributed by atoms with Gasteiger partial charge in [-0.25, -0.2) is 0 Å². The molecule has 3 heteroatoms. The molecule has 2 N–H and O–H groups in total. The lowest BCUT2D eigenvalue weighted by Gasteiger charge is -2.28. The van der Waals surface area contributed by atoms with Crippen LogP contribution in [0.25, 0.3) is 0 Å². The molecule has 2 rings (SSSR count). The van der Waals surface area contributed by atoms with Crippen molar-refractivity contribution in [1.82, 2.24) is 4.90 Å². The Bertz CT molecular complexity index is 372. The number of rotatable bonds is 4. The number of likely N-dealkylation sites (N-methyl/N-ethyl adjacent to an activating group) is 1. The summed E-state index contributed by atoms with van der Waals surface area (Å²) in [5, 5.41) is 0. The highest BCUT2D eigenvalue weighted by molar-refractivity contribution is 5.25. The average molecular weight is 234 g/mol. The maximum atomic E-state index is 6.29. The average Bonchev–Trinajstić information content (AvgIpc) is 2.68. The molecule has 1 aliphatic rings. The molecule has 1 aromatic carbocycles. The highest BCUT2D eigenvalue weighted by atomic mass is 16.5. The van der Waals surface area contributed by atoms with Gasteiger partial charge in [0.15, 0.2) is 0 Å². The third-order valence-corrected chi connectivity index (χ3v) is 3.42. The van der Waals surface area contributed by atoms with Crippen LogP contribution in [0.5, 0.6) is 0 Å². The second-order valence-corrected chi connectivity index (χ2v) is 5.26. The van der Waals surface area contributed by atoms with Crippen molar-refractivity contribution in [3.8, 4) is 0 Å². The molecular formula is C14H22N2O. The van der Waals surface area contributed by atoms with E-state index in [1.807, 2.05) is 0 Å². The second kappa shape index (κ2) is 5.17. The lowest BCUT2D eigenvalue weighted by Crippen LogP contribution is -2.49. The minimum absolute atomic E-state index is 0.155. The Morgan fingerprint density at radius 1 is 1.41 bits per heavy atom. The Labute approximate surface area is 104 Å². The number of hydrogen-bond acceptors (Lipinski definition) is 3. The number of nitrogens with zero attached hydrogens (tertiary/aromatic N) is 1. The molecule has 0 spiro atoms. The van der Waals surface area contributed by atoms with Gasteiger partial charge in [0, 0.05) is 19.7 Å². The topological polar surface area (TPSA) is 38.5 Å². The number of aryl methyl sites for hydroxylation is 1. The minimum atomic E-state index is -0.155. The van der Waals surface area contributed by atoms with E-state index < -0.39 is 0 Å². The van der Waals surface area contributed by atoms with Crippen LogP contribution in [0, 0.1) is 6.92 Å². The molecule has 1 heterocycles. The minimum Gasteiger partial charge on any atom is -0.379 e. The van der Waals surface area contributed by atoms with Crippen molar-refractivity contribution in [3.05, 3.63) is 35.4 Å². The summed E-state index contributed by atoms with van der Waals surface area (Å²) in [5.74, 6) is 0. The van der Waals surface area contributed by atoms with E-state index in [1.54, 1.807) is 0 Å². The lowest BCUT2D eigenvalue weighted by molar-refractivity contribution is 0.159. The quantitative estimate of drug-likeness (QED) is 0.859. The molecular weight excluding hydrogens is 212 g/mol. The van der Waals surface area contributed by atoms with Crippen LogP contribution in [0.1, 0.15) is 17.5 Å². The van der Waals surface area contributed by atoms with Gasteiger partial charge in [-0.05, 0) is 31.5 Å². The van der Waals surface area contributed by atoms with Crippen LogP contribution in [0.2, 0.25) is 0 Å². The molecule has 17 heavy (non-hydrogen) atoms. The summed E-state index contributed by atoms with van der Waals surface area (Å²) in [5.41, 5.74) is 8.84. The summed E-state index contributed by atoms with van der Waals surface area (Å²) >= 11 is 0. The molecule has 1 unspecified atom stereocenters. The molecule has 1 aromatic rings. The number of nitrogens with two attached hydrogens (primary N) is 1. The van der Waals surface area contributed by atoms with Crippen molar-refractivity contribution in [3.63, 3.8) is 0 Å². The lowest BCUT2D eigenvalue weighted by atomic mass is 9.99. The fourth-order valence-corrected chi connectivity index (χ4v) is 2.42. The van der Waals surface area contributed by atoms with Gasteiger partial charge in [0.1, 0.15) is 0 Å². The standard InChI is InChI=1S/C14H22N2O/c1-12-5-3-4-6-13(12)9-16(2)10-14(15)7-8-17-11-14/h3-6H,7-11,15H2,1-2H3. The molecule has 0 radical (unpaired) electrons. The van der Waals surface area contributed by atoms with Gasteiger partial charge in [-0.15, -0.1) is 0 Å². The van der Waals surface area contributed by atoms with Gasteiger partial charge in [0.2, 0.25) is 0 Å². The molecule has 0 aliphatic carbocycles. The molecule has 94 valence electrons. The maximum absolute atomic E-state index is 6.29. The second-order valence-electron chi connectivity index (χ2n) is 5.26. The van der Waals surface area contributed by atoms with Crippen LogP contribution < -0.4 is 5.73 Å². The summed E-state index contributed by atoms with van der Waals surface area (Å²) in [7, 11) is 2.12. The first kappa shape index (κ1) is 12.6. The van der Waals surface area contributed by atoms with Crippen molar-refractivity contribution < 1.29 is 4.74 Å². The molecule has 3 nitrogen and oxygen atoms in total. The van der Waals surface area contributed by atoms with E-state index in [4.69, 9.17) is 10.5 Å². The highest BCUT2D eigenvalue weighted by Gasteiger charge is 2.31. The van der Waals surface area contributed by atoms with E-state index in [1.165, 1.54) is 11.1 Å². The van der Waals surface area contributed by atoms with Gasteiger partial charge in [-0.1, -0.05) is 24.3 Å². The third-order valence-electron chi connectivity index (χ3n) is 3.42. The predicted octanol–water partition coefficient (Wildman–Crippen LogP) is 1.54. The molecule has 1 atom stereocenters.